The lowest BCUT2D eigenvalue weighted by atomic mass is 10.3. The molecule has 0 saturated carbocycles. The minimum atomic E-state index is -0.492. The molecule has 2 amide bonds. The number of carbonyl (C=O) groups excluding carboxylic acids is 1. The molecule has 2 N–H and O–H groups in total. The Morgan fingerprint density at radius 3 is 2.45 bits per heavy atom. The first-order chi connectivity index (χ1) is 9.47. The minimum Gasteiger partial charge on any atom is -0.489 e. The molecule has 0 atom stereocenters. The lowest BCUT2D eigenvalue weighted by molar-refractivity contribution is 0.200. The number of urea groups is 1. The van der Waals surface area contributed by atoms with Crippen LogP contribution in [0.3, 0.4) is 0 Å². The Morgan fingerprint density at radius 2 is 1.90 bits per heavy atom. The second-order valence-corrected chi connectivity index (χ2v) is 5.36. The van der Waals surface area contributed by atoms with Crippen LogP contribution in [0.4, 0.5) is 4.79 Å². The van der Waals surface area contributed by atoms with Gasteiger partial charge in [-0.1, -0.05) is 34.8 Å². The van der Waals surface area contributed by atoms with Crippen molar-refractivity contribution in [2.24, 2.45) is 5.73 Å². The van der Waals surface area contributed by atoms with Gasteiger partial charge in [0.2, 0.25) is 0 Å². The van der Waals surface area contributed by atoms with Crippen molar-refractivity contribution < 1.29 is 9.53 Å². The van der Waals surface area contributed by atoms with Crippen LogP contribution in [0.25, 0.3) is 0 Å². The highest BCUT2D eigenvalue weighted by Crippen LogP contribution is 2.35. The Bertz CT molecular complexity index is 528. The van der Waals surface area contributed by atoms with Crippen molar-refractivity contribution in [3.63, 3.8) is 0 Å². The summed E-state index contributed by atoms with van der Waals surface area (Å²) in [6.07, 6.45) is 3.38. The third kappa shape index (κ3) is 3.62. The van der Waals surface area contributed by atoms with Gasteiger partial charge in [0.05, 0.1) is 23.3 Å². The lowest BCUT2D eigenvalue weighted by Crippen LogP contribution is -2.35. The van der Waals surface area contributed by atoms with Gasteiger partial charge in [-0.15, -0.1) is 0 Å². The monoisotopic (exact) mass is 335 g/mol. The summed E-state index contributed by atoms with van der Waals surface area (Å²) in [4.78, 5) is 14.2. The van der Waals surface area contributed by atoms with Crippen LogP contribution in [-0.2, 0) is 0 Å². The smallest absolute Gasteiger partial charge is 0.320 e. The molecule has 2 rings (SSSR count). The lowest BCUT2D eigenvalue weighted by Gasteiger charge is -2.19. The molecule has 0 bridgehead atoms. The van der Waals surface area contributed by atoms with Crippen LogP contribution in [0.15, 0.2) is 24.5 Å². The molecule has 0 unspecified atom stereocenters. The molecule has 20 heavy (non-hydrogen) atoms. The van der Waals surface area contributed by atoms with Crippen molar-refractivity contribution in [1.29, 1.82) is 0 Å². The minimum absolute atomic E-state index is 0.359. The molecule has 8 heteroatoms. The summed E-state index contributed by atoms with van der Waals surface area (Å²) in [5, 5.41) is 1.17. The predicted molar refractivity (Wildman–Crippen MR) is 79.1 cm³/mol. The summed E-state index contributed by atoms with van der Waals surface area (Å²) in [5.74, 6) is 0.396. The largest absolute Gasteiger partial charge is 0.489 e. The molecule has 0 aliphatic carbocycles. The van der Waals surface area contributed by atoms with Crippen LogP contribution in [-0.4, -0.2) is 35.7 Å². The molecule has 0 saturated heterocycles. The summed E-state index contributed by atoms with van der Waals surface area (Å²) < 4.78 is 5.55. The van der Waals surface area contributed by atoms with E-state index in [0.717, 1.165) is 0 Å². The van der Waals surface area contributed by atoms with E-state index in [1.54, 1.807) is 24.5 Å². The van der Waals surface area contributed by atoms with Crippen LogP contribution < -0.4 is 10.5 Å². The van der Waals surface area contributed by atoms with E-state index in [2.05, 4.69) is 0 Å². The zero-order chi connectivity index (χ0) is 14.7. The highest BCUT2D eigenvalue weighted by atomic mass is 35.5. The summed E-state index contributed by atoms with van der Waals surface area (Å²) in [5.41, 5.74) is 5.16. The van der Waals surface area contributed by atoms with Gasteiger partial charge in [-0.05, 0) is 12.1 Å². The molecular formula is C12H12Cl3N3O2. The van der Waals surface area contributed by atoms with E-state index in [4.69, 9.17) is 45.3 Å². The van der Waals surface area contributed by atoms with Crippen molar-refractivity contribution in [1.82, 2.24) is 9.80 Å². The van der Waals surface area contributed by atoms with Crippen LogP contribution in [0, 0.1) is 0 Å². The van der Waals surface area contributed by atoms with E-state index in [1.807, 2.05) is 4.90 Å². The number of benzene rings is 1. The summed E-state index contributed by atoms with van der Waals surface area (Å²) in [6, 6.07) is 2.64. The SMILES string of the molecule is NC(=O)N1C=CN(CCOc2c(Cl)cc(Cl)cc2Cl)C1. The van der Waals surface area contributed by atoms with Gasteiger partial charge in [-0.2, -0.15) is 0 Å². The quantitative estimate of drug-likeness (QED) is 0.919. The maximum atomic E-state index is 11.0. The number of hydrogen-bond acceptors (Lipinski definition) is 3. The van der Waals surface area contributed by atoms with Crippen molar-refractivity contribution in [3.05, 3.63) is 39.6 Å². The van der Waals surface area contributed by atoms with Gasteiger partial charge in [0.15, 0.2) is 5.75 Å². The molecule has 1 aliphatic heterocycles. The van der Waals surface area contributed by atoms with Crippen molar-refractivity contribution in [2.45, 2.75) is 0 Å². The summed E-state index contributed by atoms with van der Waals surface area (Å²) in [6.45, 7) is 1.33. The molecule has 5 nitrogen and oxygen atoms in total. The van der Waals surface area contributed by atoms with E-state index in [9.17, 15) is 4.79 Å². The van der Waals surface area contributed by atoms with Crippen LogP contribution in [0.1, 0.15) is 0 Å². The number of hydrogen-bond donors (Lipinski definition) is 1. The third-order valence-electron chi connectivity index (χ3n) is 2.66. The Balaban J connectivity index is 1.86. The van der Waals surface area contributed by atoms with Crippen LogP contribution >= 0.6 is 34.8 Å². The van der Waals surface area contributed by atoms with Gasteiger partial charge in [0.25, 0.3) is 0 Å². The van der Waals surface area contributed by atoms with Gasteiger partial charge < -0.3 is 15.4 Å². The topological polar surface area (TPSA) is 58.8 Å². The molecule has 0 aromatic heterocycles. The molecule has 0 spiro atoms. The van der Waals surface area contributed by atoms with Gasteiger partial charge in [0, 0.05) is 17.4 Å². The summed E-state index contributed by atoms with van der Waals surface area (Å²) in [7, 11) is 0. The van der Waals surface area contributed by atoms with Crippen LogP contribution in [0.5, 0.6) is 5.75 Å². The maximum Gasteiger partial charge on any atom is 0.320 e. The molecular weight excluding hydrogens is 325 g/mol. The molecule has 1 heterocycles. The number of rotatable bonds is 4. The van der Waals surface area contributed by atoms with Gasteiger partial charge in [-0.25, -0.2) is 4.79 Å². The number of nitrogens with two attached hydrogens (primary N) is 1. The number of primary amides is 1. The van der Waals surface area contributed by atoms with Crippen molar-refractivity contribution in [3.8, 4) is 5.75 Å². The molecule has 1 aliphatic rings. The van der Waals surface area contributed by atoms with Crippen molar-refractivity contribution in [2.75, 3.05) is 19.8 Å². The van der Waals surface area contributed by atoms with Gasteiger partial charge >= 0.3 is 6.03 Å². The maximum absolute atomic E-state index is 11.0. The third-order valence-corrected chi connectivity index (χ3v) is 3.44. The highest BCUT2D eigenvalue weighted by molar-refractivity contribution is 6.40. The van der Waals surface area contributed by atoms with Gasteiger partial charge in [0.1, 0.15) is 6.61 Å². The zero-order valence-electron chi connectivity index (χ0n) is 10.4. The number of carbonyl (C=O) groups is 1. The average molecular weight is 337 g/mol. The second-order valence-electron chi connectivity index (χ2n) is 4.11. The fraction of sp³-hybridized carbons (Fsp3) is 0.250. The average Bonchev–Trinajstić information content (AvgIpc) is 2.81. The fourth-order valence-corrected chi connectivity index (χ4v) is 2.61. The highest BCUT2D eigenvalue weighted by Gasteiger charge is 2.16. The predicted octanol–water partition coefficient (Wildman–Crippen LogP) is 3.15. The Hall–Kier alpha value is -1.30. The Kier molecular flexibility index (Phi) is 4.86. The van der Waals surface area contributed by atoms with E-state index in [0.29, 0.717) is 40.6 Å². The molecule has 108 valence electrons. The van der Waals surface area contributed by atoms with E-state index in [1.165, 1.54) is 4.90 Å². The van der Waals surface area contributed by atoms with Crippen molar-refractivity contribution >= 4 is 40.8 Å². The Labute approximate surface area is 131 Å². The molecule has 0 fully saturated rings. The van der Waals surface area contributed by atoms with E-state index >= 15 is 0 Å². The molecule has 1 aromatic carbocycles. The number of ether oxygens (including phenoxy) is 1. The molecule has 1 aromatic rings. The summed E-state index contributed by atoms with van der Waals surface area (Å²) >= 11 is 17.8. The number of halogens is 3. The number of nitrogens with zero attached hydrogens (tertiary/aromatic N) is 2. The molecule has 0 radical (unpaired) electrons. The first-order valence-corrected chi connectivity index (χ1v) is 6.86. The van der Waals surface area contributed by atoms with Crippen LogP contribution in [0.2, 0.25) is 15.1 Å². The first-order valence-electron chi connectivity index (χ1n) is 5.73. The first kappa shape index (κ1) is 15.1. The normalized spacial score (nSPS) is 13.9. The fourth-order valence-electron chi connectivity index (χ4n) is 1.68. The number of amides is 2. The standard InChI is InChI=1S/C12H12Cl3N3O2/c13-8-5-9(14)11(10(15)6-8)20-4-3-17-1-2-18(7-17)12(16)19/h1-2,5-6H,3-4,7H2,(H2,16,19). The Morgan fingerprint density at radius 1 is 1.25 bits per heavy atom. The second kappa shape index (κ2) is 6.43. The zero-order valence-corrected chi connectivity index (χ0v) is 12.6. The van der Waals surface area contributed by atoms with E-state index < -0.39 is 6.03 Å². The van der Waals surface area contributed by atoms with E-state index in [-0.39, 0.29) is 0 Å². The van der Waals surface area contributed by atoms with Gasteiger partial charge in [-0.3, -0.25) is 4.90 Å².